The molecule has 3 heteroatoms. The zero-order chi connectivity index (χ0) is 9.26. The molecule has 2 nitrogen and oxygen atoms in total. The van der Waals surface area contributed by atoms with E-state index in [1.165, 1.54) is 11.1 Å². The topological polar surface area (TPSA) is 24.1 Å². The Balaban J connectivity index is 2.34. The summed E-state index contributed by atoms with van der Waals surface area (Å²) in [7, 11) is 1.99. The minimum atomic E-state index is 0.397. The summed E-state index contributed by atoms with van der Waals surface area (Å²) in [6, 6.07) is 9.35. The summed E-state index contributed by atoms with van der Waals surface area (Å²) in [6.07, 6.45) is 1.06. The summed E-state index contributed by atoms with van der Waals surface area (Å²) in [6.45, 7) is 0. The van der Waals surface area contributed by atoms with Crippen LogP contribution in [-0.4, -0.2) is 13.1 Å². The third kappa shape index (κ3) is 1.47. The van der Waals surface area contributed by atoms with Gasteiger partial charge in [0.15, 0.2) is 0 Å². The van der Waals surface area contributed by atoms with Gasteiger partial charge < -0.3 is 5.32 Å². The fourth-order valence-electron chi connectivity index (χ4n) is 2.07. The van der Waals surface area contributed by atoms with Crippen molar-refractivity contribution in [2.24, 2.45) is 0 Å². The SMILES string of the molecule is CNC1c2ccccc2CC1NS. The van der Waals surface area contributed by atoms with Crippen LogP contribution in [0.2, 0.25) is 0 Å². The Bertz CT molecular complexity index is 301. The molecule has 0 saturated carbocycles. The first kappa shape index (κ1) is 9.06. The lowest BCUT2D eigenvalue weighted by Crippen LogP contribution is -2.33. The number of nitrogens with one attached hydrogen (secondary N) is 2. The van der Waals surface area contributed by atoms with Crippen LogP contribution in [0.1, 0.15) is 17.2 Å². The molecule has 0 aliphatic heterocycles. The Morgan fingerprint density at radius 2 is 2.15 bits per heavy atom. The number of fused-ring (bicyclic) bond motifs is 1. The van der Waals surface area contributed by atoms with Crippen LogP contribution in [0.4, 0.5) is 0 Å². The van der Waals surface area contributed by atoms with Crippen molar-refractivity contribution < 1.29 is 0 Å². The van der Waals surface area contributed by atoms with Crippen molar-refractivity contribution in [2.75, 3.05) is 7.05 Å². The average molecular weight is 194 g/mol. The second-order valence-electron chi connectivity index (χ2n) is 3.40. The summed E-state index contributed by atoms with van der Waals surface area (Å²) in [5.74, 6) is 0. The van der Waals surface area contributed by atoms with E-state index >= 15 is 0 Å². The van der Waals surface area contributed by atoms with E-state index in [4.69, 9.17) is 0 Å². The van der Waals surface area contributed by atoms with Crippen molar-refractivity contribution in [3.8, 4) is 0 Å². The highest BCUT2D eigenvalue weighted by molar-refractivity contribution is 7.78. The first-order valence-corrected chi connectivity index (χ1v) is 4.96. The third-order valence-electron chi connectivity index (χ3n) is 2.71. The molecule has 1 aromatic rings. The monoisotopic (exact) mass is 194 g/mol. The van der Waals surface area contributed by atoms with Crippen LogP contribution in [0.5, 0.6) is 0 Å². The number of benzene rings is 1. The van der Waals surface area contributed by atoms with E-state index in [1.807, 2.05) is 7.05 Å². The Morgan fingerprint density at radius 3 is 2.85 bits per heavy atom. The van der Waals surface area contributed by atoms with Crippen molar-refractivity contribution >= 4 is 12.8 Å². The molecule has 1 aliphatic carbocycles. The molecule has 2 atom stereocenters. The van der Waals surface area contributed by atoms with E-state index in [0.29, 0.717) is 12.1 Å². The molecule has 0 bridgehead atoms. The third-order valence-corrected chi connectivity index (χ3v) is 3.04. The molecule has 1 aromatic carbocycles. The van der Waals surface area contributed by atoms with Crippen LogP contribution in [0.25, 0.3) is 0 Å². The van der Waals surface area contributed by atoms with E-state index < -0.39 is 0 Å². The molecule has 0 heterocycles. The Labute approximate surface area is 84.3 Å². The number of thiol groups is 1. The summed E-state index contributed by atoms with van der Waals surface area (Å²) in [5, 5.41) is 3.31. The van der Waals surface area contributed by atoms with Crippen molar-refractivity contribution in [2.45, 2.75) is 18.5 Å². The number of likely N-dealkylation sites (N-methyl/N-ethyl adjacent to an activating group) is 1. The number of hydrogen-bond donors (Lipinski definition) is 3. The molecule has 1 aliphatic rings. The van der Waals surface area contributed by atoms with Gasteiger partial charge >= 0.3 is 0 Å². The molecule has 2 rings (SSSR count). The molecule has 0 spiro atoms. The van der Waals surface area contributed by atoms with Crippen LogP contribution >= 0.6 is 12.8 Å². The van der Waals surface area contributed by atoms with Gasteiger partial charge in [-0.2, -0.15) is 0 Å². The molecule has 0 aromatic heterocycles. The second-order valence-corrected chi connectivity index (χ2v) is 3.66. The van der Waals surface area contributed by atoms with Crippen LogP contribution in [0.3, 0.4) is 0 Å². The van der Waals surface area contributed by atoms with Gasteiger partial charge in [-0.15, -0.1) is 0 Å². The van der Waals surface area contributed by atoms with Gasteiger partial charge in [0.2, 0.25) is 0 Å². The minimum Gasteiger partial charge on any atom is -0.312 e. The summed E-state index contributed by atoms with van der Waals surface area (Å²) in [5.41, 5.74) is 2.82. The van der Waals surface area contributed by atoms with Gasteiger partial charge in [-0.1, -0.05) is 37.1 Å². The van der Waals surface area contributed by atoms with E-state index in [9.17, 15) is 0 Å². The molecule has 0 fully saturated rings. The predicted octanol–water partition coefficient (Wildman–Crippen LogP) is 1.31. The number of rotatable bonds is 2. The highest BCUT2D eigenvalue weighted by Crippen LogP contribution is 2.30. The smallest absolute Gasteiger partial charge is 0.0488 e. The van der Waals surface area contributed by atoms with Crippen molar-refractivity contribution in [3.63, 3.8) is 0 Å². The van der Waals surface area contributed by atoms with Gasteiger partial charge in [-0.3, -0.25) is 4.72 Å². The lowest BCUT2D eigenvalue weighted by Gasteiger charge is -2.18. The maximum absolute atomic E-state index is 4.14. The van der Waals surface area contributed by atoms with E-state index in [1.54, 1.807) is 0 Å². The molecular formula is C10H14N2S. The molecule has 13 heavy (non-hydrogen) atoms. The standard InChI is InChI=1S/C10H14N2S/c1-11-10-8-5-3-2-4-7(8)6-9(10)12-13/h2-5,9-13H,6H2,1H3. The maximum atomic E-state index is 4.14. The molecule has 70 valence electrons. The van der Waals surface area contributed by atoms with Gasteiger partial charge in [0, 0.05) is 12.1 Å². The van der Waals surface area contributed by atoms with Crippen LogP contribution in [0, 0.1) is 0 Å². The Hall–Kier alpha value is -0.510. The molecule has 2 N–H and O–H groups in total. The predicted molar refractivity (Wildman–Crippen MR) is 57.9 cm³/mol. The lowest BCUT2D eigenvalue weighted by atomic mass is 10.1. The summed E-state index contributed by atoms with van der Waals surface area (Å²) in [4.78, 5) is 0. The summed E-state index contributed by atoms with van der Waals surface area (Å²) >= 11 is 4.14. The molecule has 2 unspecified atom stereocenters. The van der Waals surface area contributed by atoms with E-state index in [0.717, 1.165) is 6.42 Å². The normalized spacial score (nSPS) is 26.0. The minimum absolute atomic E-state index is 0.397. The fourth-order valence-corrected chi connectivity index (χ4v) is 2.31. The van der Waals surface area contributed by atoms with E-state index in [2.05, 4.69) is 47.1 Å². The summed E-state index contributed by atoms with van der Waals surface area (Å²) < 4.78 is 3.04. The van der Waals surface area contributed by atoms with Crippen molar-refractivity contribution in [1.29, 1.82) is 0 Å². The average Bonchev–Trinajstić information content (AvgIpc) is 2.55. The Kier molecular flexibility index (Phi) is 2.58. The zero-order valence-electron chi connectivity index (χ0n) is 7.62. The first-order valence-electron chi connectivity index (χ1n) is 4.51. The van der Waals surface area contributed by atoms with Gasteiger partial charge in [0.05, 0.1) is 0 Å². The van der Waals surface area contributed by atoms with Crippen LogP contribution in [-0.2, 0) is 6.42 Å². The van der Waals surface area contributed by atoms with Gasteiger partial charge in [-0.05, 0) is 24.6 Å². The fraction of sp³-hybridized carbons (Fsp3) is 0.400. The Morgan fingerprint density at radius 1 is 1.38 bits per heavy atom. The van der Waals surface area contributed by atoms with Gasteiger partial charge in [0.25, 0.3) is 0 Å². The second kappa shape index (κ2) is 3.70. The van der Waals surface area contributed by atoms with Crippen LogP contribution in [0.15, 0.2) is 24.3 Å². The highest BCUT2D eigenvalue weighted by Gasteiger charge is 2.29. The van der Waals surface area contributed by atoms with Gasteiger partial charge in [-0.25, -0.2) is 0 Å². The first-order chi connectivity index (χ1) is 6.36. The van der Waals surface area contributed by atoms with Gasteiger partial charge in [0.1, 0.15) is 0 Å². The van der Waals surface area contributed by atoms with Crippen molar-refractivity contribution in [1.82, 2.24) is 10.0 Å². The quantitative estimate of drug-likeness (QED) is 0.618. The van der Waals surface area contributed by atoms with Crippen molar-refractivity contribution in [3.05, 3.63) is 35.4 Å². The molecule has 0 radical (unpaired) electrons. The lowest BCUT2D eigenvalue weighted by molar-refractivity contribution is 0.489. The van der Waals surface area contributed by atoms with E-state index in [-0.39, 0.29) is 0 Å². The zero-order valence-corrected chi connectivity index (χ0v) is 8.51. The molecule has 0 amide bonds. The molecular weight excluding hydrogens is 180 g/mol. The molecule has 0 saturated heterocycles. The number of hydrogen-bond acceptors (Lipinski definition) is 3. The highest BCUT2D eigenvalue weighted by atomic mass is 32.1. The largest absolute Gasteiger partial charge is 0.312 e. The van der Waals surface area contributed by atoms with Crippen LogP contribution < -0.4 is 10.0 Å². The maximum Gasteiger partial charge on any atom is 0.0488 e.